The number of primary amides is 1. The fourth-order valence-corrected chi connectivity index (χ4v) is 6.01. The van der Waals surface area contributed by atoms with Crippen LogP contribution in [0.15, 0.2) is 78.2 Å². The first kappa shape index (κ1) is 22.3. The number of hydrogen-bond donors (Lipinski definition) is 1. The number of aryl methyl sites for hydroxylation is 1. The molecule has 0 radical (unpaired) electrons. The van der Waals surface area contributed by atoms with E-state index in [9.17, 15) is 9.59 Å². The first-order valence-electron chi connectivity index (χ1n) is 11.3. The van der Waals surface area contributed by atoms with Crippen molar-refractivity contribution in [3.63, 3.8) is 0 Å². The molecule has 2 aromatic heterocycles. The highest BCUT2D eigenvalue weighted by molar-refractivity contribution is 7.99. The number of aromatic nitrogens is 3. The Morgan fingerprint density at radius 3 is 2.68 bits per heavy atom. The maximum atomic E-state index is 14.1. The molecule has 0 bridgehead atoms. The topological polar surface area (TPSA) is 90.9 Å². The molecule has 172 valence electrons. The van der Waals surface area contributed by atoms with Crippen LogP contribution < -0.4 is 10.2 Å². The molecule has 34 heavy (non-hydrogen) atoms. The van der Waals surface area contributed by atoms with E-state index < -0.39 is 11.9 Å². The number of nitrogens with two attached hydrogens (primary N) is 1. The quantitative estimate of drug-likeness (QED) is 0.339. The summed E-state index contributed by atoms with van der Waals surface area (Å²) in [5.41, 5.74) is 10.4. The zero-order valence-electron chi connectivity index (χ0n) is 18.9. The summed E-state index contributed by atoms with van der Waals surface area (Å²) < 4.78 is 1.92. The third-order valence-corrected chi connectivity index (χ3v) is 7.69. The van der Waals surface area contributed by atoms with E-state index in [1.165, 1.54) is 11.8 Å². The molecule has 1 saturated heterocycles. The maximum absolute atomic E-state index is 14.1. The second kappa shape index (κ2) is 9.04. The summed E-state index contributed by atoms with van der Waals surface area (Å²) in [7, 11) is 1.95. The summed E-state index contributed by atoms with van der Waals surface area (Å²) in [6.45, 7) is 0.535. The highest BCUT2D eigenvalue weighted by Gasteiger charge is 2.53. The number of carbonyl (C=O) groups excluding carboxylic acids is 2. The smallest absolute Gasteiger partial charge is 0.329 e. The first-order valence-corrected chi connectivity index (χ1v) is 12.3. The number of thioether (sulfide) groups is 1. The van der Waals surface area contributed by atoms with E-state index in [-0.39, 0.29) is 16.1 Å². The number of carbonyl (C=O) groups is 2. The van der Waals surface area contributed by atoms with E-state index in [4.69, 9.17) is 10.7 Å². The minimum absolute atomic E-state index is 0.0466. The molecule has 2 N–H and O–H groups in total. The maximum Gasteiger partial charge on any atom is 0.329 e. The second-order valence-corrected chi connectivity index (χ2v) is 9.48. The van der Waals surface area contributed by atoms with E-state index in [0.717, 1.165) is 39.4 Å². The molecule has 0 spiro atoms. The van der Waals surface area contributed by atoms with Crippen LogP contribution in [0.3, 0.4) is 0 Å². The van der Waals surface area contributed by atoms with E-state index in [1.807, 2.05) is 72.3 Å². The van der Waals surface area contributed by atoms with Gasteiger partial charge < -0.3 is 10.3 Å². The zero-order chi connectivity index (χ0) is 23.7. The lowest BCUT2D eigenvalue weighted by molar-refractivity contribution is -0.134. The minimum Gasteiger partial charge on any atom is -0.364 e. The van der Waals surface area contributed by atoms with Crippen LogP contribution in [0.5, 0.6) is 0 Å². The van der Waals surface area contributed by atoms with E-state index >= 15 is 0 Å². The molecule has 7 nitrogen and oxygen atoms in total. The van der Waals surface area contributed by atoms with Crippen molar-refractivity contribution in [3.8, 4) is 11.1 Å². The van der Waals surface area contributed by atoms with Crippen molar-refractivity contribution in [3.05, 3.63) is 73.1 Å². The standard InChI is InChI=1S/C26H25N5O2S/c1-30-21-11-4-3-10-20(21)29-26(30)34-17-24(32)31(15-7-13-23(31)25(27)33)22-12-5-2-9-19(22)18-8-6-14-28-16-18/h2-6,8-12,14,16,23H,7,13,15,17H2,1H3,(H-,27,33)/p+1/t23-,31?/m0/s1. The first-order chi connectivity index (χ1) is 16.5. The lowest BCUT2D eigenvalue weighted by Crippen LogP contribution is -2.62. The van der Waals surface area contributed by atoms with Crippen LogP contribution >= 0.6 is 11.8 Å². The molecule has 8 heteroatoms. The van der Waals surface area contributed by atoms with Crippen LogP contribution in [-0.2, 0) is 16.6 Å². The summed E-state index contributed by atoms with van der Waals surface area (Å²) in [5, 5.41) is 0.767. The zero-order valence-corrected chi connectivity index (χ0v) is 19.7. The van der Waals surface area contributed by atoms with Gasteiger partial charge in [0, 0.05) is 49.5 Å². The van der Waals surface area contributed by atoms with Crippen molar-refractivity contribution < 1.29 is 9.59 Å². The SMILES string of the molecule is Cn1c(SCC(=O)[N+]2(c3ccccc3-c3cccnc3)CCC[C@H]2C(N)=O)nc2ccccc21. The molecule has 0 saturated carbocycles. The van der Waals surface area contributed by atoms with Crippen molar-refractivity contribution in [2.24, 2.45) is 12.8 Å². The van der Waals surface area contributed by atoms with Gasteiger partial charge in [0.2, 0.25) is 0 Å². The molecule has 1 aliphatic rings. The molecule has 2 atom stereocenters. The summed E-state index contributed by atoms with van der Waals surface area (Å²) in [6.07, 6.45) is 4.83. The molecule has 4 aromatic rings. The number of fused-ring (bicyclic) bond motifs is 1. The minimum atomic E-state index is -0.605. The highest BCUT2D eigenvalue weighted by atomic mass is 32.2. The Hall–Kier alpha value is -3.49. The Balaban J connectivity index is 1.55. The largest absolute Gasteiger partial charge is 0.364 e. The van der Waals surface area contributed by atoms with Gasteiger partial charge in [-0.2, -0.15) is 0 Å². The third-order valence-electron chi connectivity index (χ3n) is 6.67. The predicted molar refractivity (Wildman–Crippen MR) is 135 cm³/mol. The number of nitrogens with zero attached hydrogens (tertiary/aromatic N) is 4. The van der Waals surface area contributed by atoms with Gasteiger partial charge in [-0.05, 0) is 24.3 Å². The lowest BCUT2D eigenvalue weighted by atomic mass is 10.0. The van der Waals surface area contributed by atoms with Gasteiger partial charge >= 0.3 is 5.91 Å². The van der Waals surface area contributed by atoms with E-state index in [0.29, 0.717) is 13.0 Å². The van der Waals surface area contributed by atoms with Gasteiger partial charge in [0.05, 0.1) is 17.6 Å². The summed E-state index contributed by atoms with van der Waals surface area (Å²) >= 11 is 1.40. The molecule has 0 aliphatic carbocycles. The summed E-state index contributed by atoms with van der Waals surface area (Å²) in [6, 6.07) is 18.9. The van der Waals surface area contributed by atoms with Gasteiger partial charge in [-0.3, -0.25) is 9.78 Å². The van der Waals surface area contributed by atoms with Gasteiger partial charge in [-0.1, -0.05) is 42.1 Å². The Bertz CT molecular complexity index is 1370. The Kier molecular flexibility index (Phi) is 5.93. The van der Waals surface area contributed by atoms with Crippen molar-refractivity contribution in [2.75, 3.05) is 12.3 Å². The van der Waals surface area contributed by atoms with Crippen molar-refractivity contribution >= 4 is 40.3 Å². The molecule has 3 heterocycles. The Morgan fingerprint density at radius 2 is 1.91 bits per heavy atom. The second-order valence-electron chi connectivity index (χ2n) is 8.54. The van der Waals surface area contributed by atoms with Crippen LogP contribution in [0, 0.1) is 0 Å². The fourth-order valence-electron chi connectivity index (χ4n) is 5.07. The number of likely N-dealkylation sites (tertiary alicyclic amines) is 1. The van der Waals surface area contributed by atoms with Gasteiger partial charge in [0.25, 0.3) is 5.91 Å². The van der Waals surface area contributed by atoms with Crippen LogP contribution in [0.2, 0.25) is 0 Å². The number of pyridine rings is 1. The summed E-state index contributed by atoms with van der Waals surface area (Å²) in [4.78, 5) is 35.6. The van der Waals surface area contributed by atoms with Crippen LogP contribution in [0.1, 0.15) is 12.8 Å². The monoisotopic (exact) mass is 472 g/mol. The van der Waals surface area contributed by atoms with Gasteiger partial charge in [-0.15, -0.1) is 0 Å². The average Bonchev–Trinajstić information content (AvgIpc) is 3.46. The number of rotatable bonds is 6. The third kappa shape index (κ3) is 3.69. The average molecular weight is 473 g/mol. The van der Waals surface area contributed by atoms with E-state index in [1.54, 1.807) is 12.4 Å². The van der Waals surface area contributed by atoms with Crippen molar-refractivity contribution in [1.29, 1.82) is 0 Å². The predicted octanol–water partition coefficient (Wildman–Crippen LogP) is 3.91. The highest BCUT2D eigenvalue weighted by Crippen LogP contribution is 2.42. The Morgan fingerprint density at radius 1 is 1.12 bits per heavy atom. The number of amides is 2. The fraction of sp³-hybridized carbons (Fsp3) is 0.231. The number of benzene rings is 2. The molecule has 2 amide bonds. The molecular formula is C26H26N5O2S+. The lowest BCUT2D eigenvalue weighted by Gasteiger charge is -2.36. The van der Waals surface area contributed by atoms with Crippen molar-refractivity contribution in [1.82, 2.24) is 19.0 Å². The number of hydrogen-bond acceptors (Lipinski definition) is 5. The molecule has 1 fully saturated rings. The number of quaternary nitrogens is 1. The summed E-state index contributed by atoms with van der Waals surface area (Å²) in [5.74, 6) is -0.309. The van der Waals surface area contributed by atoms with Crippen LogP contribution in [0.25, 0.3) is 22.2 Å². The normalized spacial score (nSPS) is 20.0. The van der Waals surface area contributed by atoms with Crippen LogP contribution in [-0.4, -0.2) is 44.7 Å². The molecule has 5 rings (SSSR count). The molecule has 1 aliphatic heterocycles. The molecule has 2 aromatic carbocycles. The van der Waals surface area contributed by atoms with Crippen LogP contribution in [0.4, 0.5) is 5.69 Å². The molecule has 1 unspecified atom stereocenters. The number of imidazole rings is 1. The van der Waals surface area contributed by atoms with Gasteiger partial charge in [0.1, 0.15) is 11.4 Å². The van der Waals surface area contributed by atoms with Gasteiger partial charge in [0.15, 0.2) is 11.2 Å². The van der Waals surface area contributed by atoms with Gasteiger partial charge in [-0.25, -0.2) is 14.3 Å². The van der Waals surface area contributed by atoms with Crippen molar-refractivity contribution in [2.45, 2.75) is 24.0 Å². The Labute approximate surface area is 202 Å². The van der Waals surface area contributed by atoms with E-state index in [2.05, 4.69) is 4.98 Å². The number of para-hydroxylation sites is 3. The molecular weight excluding hydrogens is 446 g/mol.